The molecule has 0 atom stereocenters. The fourth-order valence-corrected chi connectivity index (χ4v) is 3.90. The molecule has 0 amide bonds. The topological polar surface area (TPSA) is 38.9 Å². The predicted molar refractivity (Wildman–Crippen MR) is 78.0 cm³/mol. The Morgan fingerprint density at radius 1 is 1.28 bits per heavy atom. The van der Waals surface area contributed by atoms with Crippen molar-refractivity contribution in [2.45, 2.75) is 36.0 Å². The van der Waals surface area contributed by atoms with Crippen molar-refractivity contribution < 1.29 is 0 Å². The number of hydrogen-bond acceptors (Lipinski definition) is 4. The Labute approximate surface area is 116 Å². The zero-order chi connectivity index (χ0) is 12.4. The second-order valence-electron chi connectivity index (χ2n) is 4.50. The van der Waals surface area contributed by atoms with E-state index >= 15 is 0 Å². The maximum Gasteiger partial charge on any atom is 0.103 e. The van der Waals surface area contributed by atoms with Gasteiger partial charge in [0.15, 0.2) is 0 Å². The smallest absolute Gasteiger partial charge is 0.103 e. The minimum atomic E-state index is 0.638. The molecule has 0 bridgehead atoms. The number of rotatable bonds is 5. The highest BCUT2D eigenvalue weighted by molar-refractivity contribution is 7.98. The summed E-state index contributed by atoms with van der Waals surface area (Å²) in [6, 6.07) is 10.5. The normalized spacial score (nSPS) is 14.9. The second-order valence-corrected chi connectivity index (χ2v) is 6.71. The third kappa shape index (κ3) is 2.76. The molecule has 2 nitrogen and oxygen atoms in total. The Bertz CT molecular complexity index is 518. The van der Waals surface area contributed by atoms with Gasteiger partial charge in [-0.25, -0.2) is 4.98 Å². The minimum absolute atomic E-state index is 0.638. The molecule has 1 saturated carbocycles. The number of thiazole rings is 1. The summed E-state index contributed by atoms with van der Waals surface area (Å²) in [5, 5.41) is 1.21. The summed E-state index contributed by atoms with van der Waals surface area (Å²) < 4.78 is 0. The third-order valence-electron chi connectivity index (χ3n) is 3.03. The van der Waals surface area contributed by atoms with Crippen molar-refractivity contribution >= 4 is 23.1 Å². The van der Waals surface area contributed by atoms with E-state index in [1.165, 1.54) is 33.3 Å². The number of nitrogens with zero attached hydrogens (tertiary/aromatic N) is 1. The molecular weight excluding hydrogens is 260 g/mol. The number of thioether (sulfide) groups is 1. The van der Waals surface area contributed by atoms with Crippen LogP contribution in [0.5, 0.6) is 0 Å². The molecule has 0 spiro atoms. The summed E-state index contributed by atoms with van der Waals surface area (Å²) in [6.45, 7) is 0.638. The molecule has 0 unspecified atom stereocenters. The molecule has 18 heavy (non-hydrogen) atoms. The van der Waals surface area contributed by atoms with Crippen molar-refractivity contribution in [1.29, 1.82) is 0 Å². The minimum Gasteiger partial charge on any atom is -0.326 e. The van der Waals surface area contributed by atoms with Gasteiger partial charge < -0.3 is 5.73 Å². The maximum atomic E-state index is 5.80. The van der Waals surface area contributed by atoms with E-state index in [1.54, 1.807) is 11.3 Å². The summed E-state index contributed by atoms with van der Waals surface area (Å²) in [5.41, 5.74) is 7.08. The lowest BCUT2D eigenvalue weighted by atomic mass is 10.2. The molecule has 0 radical (unpaired) electrons. The first-order valence-corrected chi connectivity index (χ1v) is 8.03. The van der Waals surface area contributed by atoms with E-state index in [1.807, 2.05) is 17.8 Å². The molecule has 2 aromatic rings. The van der Waals surface area contributed by atoms with Crippen LogP contribution in [0.4, 0.5) is 0 Å². The third-order valence-corrected chi connectivity index (χ3v) is 5.33. The van der Waals surface area contributed by atoms with Gasteiger partial charge in [0.1, 0.15) is 5.01 Å². The average molecular weight is 276 g/mol. The van der Waals surface area contributed by atoms with Gasteiger partial charge in [0, 0.05) is 22.2 Å². The van der Waals surface area contributed by atoms with Crippen LogP contribution in [0.1, 0.15) is 34.3 Å². The van der Waals surface area contributed by atoms with Gasteiger partial charge >= 0.3 is 0 Å². The summed E-state index contributed by atoms with van der Waals surface area (Å²) in [7, 11) is 0. The van der Waals surface area contributed by atoms with Crippen LogP contribution < -0.4 is 5.73 Å². The molecule has 1 aliphatic carbocycles. The highest BCUT2D eigenvalue weighted by atomic mass is 32.2. The fourth-order valence-electron chi connectivity index (χ4n) is 1.96. The zero-order valence-corrected chi connectivity index (χ0v) is 11.8. The molecule has 3 rings (SSSR count). The van der Waals surface area contributed by atoms with Crippen LogP contribution in [-0.4, -0.2) is 4.98 Å². The van der Waals surface area contributed by atoms with E-state index in [0.29, 0.717) is 12.5 Å². The first-order valence-electron chi connectivity index (χ1n) is 6.23. The summed E-state index contributed by atoms with van der Waals surface area (Å²) >= 11 is 3.64. The van der Waals surface area contributed by atoms with Gasteiger partial charge in [-0.05, 0) is 25.0 Å². The van der Waals surface area contributed by atoms with E-state index in [-0.39, 0.29) is 0 Å². The van der Waals surface area contributed by atoms with Gasteiger partial charge in [0.2, 0.25) is 0 Å². The maximum absolute atomic E-state index is 5.80. The highest BCUT2D eigenvalue weighted by Crippen LogP contribution is 2.43. The molecular formula is C14H16N2S2. The lowest BCUT2D eigenvalue weighted by molar-refractivity contribution is 0.968. The lowest BCUT2D eigenvalue weighted by Crippen LogP contribution is -1.96. The average Bonchev–Trinajstić information content (AvgIpc) is 3.18. The van der Waals surface area contributed by atoms with Gasteiger partial charge in [0.05, 0.1) is 11.4 Å². The Balaban J connectivity index is 1.69. The van der Waals surface area contributed by atoms with Crippen LogP contribution in [0.25, 0.3) is 0 Å². The first-order chi connectivity index (χ1) is 8.86. The van der Waals surface area contributed by atoms with Gasteiger partial charge in [-0.15, -0.1) is 23.1 Å². The van der Waals surface area contributed by atoms with Crippen molar-refractivity contribution in [3.8, 4) is 0 Å². The van der Waals surface area contributed by atoms with Gasteiger partial charge in [-0.3, -0.25) is 0 Å². The van der Waals surface area contributed by atoms with Crippen LogP contribution in [-0.2, 0) is 12.3 Å². The Hall–Kier alpha value is -0.840. The molecule has 1 aromatic heterocycles. The van der Waals surface area contributed by atoms with Crippen LogP contribution in [0.2, 0.25) is 0 Å². The van der Waals surface area contributed by atoms with Gasteiger partial charge in [-0.2, -0.15) is 0 Å². The highest BCUT2D eigenvalue weighted by Gasteiger charge is 2.29. The van der Waals surface area contributed by atoms with Crippen LogP contribution in [0, 0.1) is 0 Å². The molecule has 2 N–H and O–H groups in total. The van der Waals surface area contributed by atoms with Crippen LogP contribution >= 0.6 is 23.1 Å². The summed E-state index contributed by atoms with van der Waals surface area (Å²) in [5.74, 6) is 1.66. The molecule has 1 aromatic carbocycles. The molecule has 4 heteroatoms. The second kappa shape index (κ2) is 5.43. The largest absolute Gasteiger partial charge is 0.326 e. The van der Waals surface area contributed by atoms with E-state index in [4.69, 9.17) is 10.7 Å². The zero-order valence-electron chi connectivity index (χ0n) is 10.1. The van der Waals surface area contributed by atoms with E-state index < -0.39 is 0 Å². The molecule has 0 saturated heterocycles. The first kappa shape index (κ1) is 12.2. The standard InChI is InChI=1S/C14H16N2S2/c15-8-12-14(10-6-7-10)16-13(18-12)9-17-11-4-2-1-3-5-11/h1-5,10H,6-9,15H2. The molecule has 1 aliphatic rings. The lowest BCUT2D eigenvalue weighted by Gasteiger charge is -1.97. The number of aromatic nitrogens is 1. The molecule has 1 fully saturated rings. The number of nitrogens with two attached hydrogens (primary N) is 1. The SMILES string of the molecule is NCc1sc(CSc2ccccc2)nc1C1CC1. The Morgan fingerprint density at radius 3 is 2.72 bits per heavy atom. The van der Waals surface area contributed by atoms with Crippen molar-refractivity contribution in [2.24, 2.45) is 5.73 Å². The predicted octanol–water partition coefficient (Wildman–Crippen LogP) is 3.77. The number of benzene rings is 1. The van der Waals surface area contributed by atoms with Crippen molar-refractivity contribution in [3.63, 3.8) is 0 Å². The van der Waals surface area contributed by atoms with E-state index in [0.717, 1.165) is 5.75 Å². The molecule has 1 heterocycles. The fraction of sp³-hybridized carbons (Fsp3) is 0.357. The summed E-state index contributed by atoms with van der Waals surface area (Å²) in [4.78, 5) is 7.37. The number of hydrogen-bond donors (Lipinski definition) is 1. The summed E-state index contributed by atoms with van der Waals surface area (Å²) in [6.07, 6.45) is 2.59. The van der Waals surface area contributed by atoms with Gasteiger partial charge in [0.25, 0.3) is 0 Å². The quantitative estimate of drug-likeness (QED) is 0.845. The van der Waals surface area contributed by atoms with Gasteiger partial charge in [-0.1, -0.05) is 18.2 Å². The molecule has 0 aliphatic heterocycles. The Kier molecular flexibility index (Phi) is 3.68. The van der Waals surface area contributed by atoms with Crippen molar-refractivity contribution in [3.05, 3.63) is 45.9 Å². The van der Waals surface area contributed by atoms with E-state index in [9.17, 15) is 0 Å². The Morgan fingerprint density at radius 2 is 2.06 bits per heavy atom. The van der Waals surface area contributed by atoms with Crippen molar-refractivity contribution in [2.75, 3.05) is 0 Å². The van der Waals surface area contributed by atoms with E-state index in [2.05, 4.69) is 24.3 Å². The van der Waals surface area contributed by atoms with Crippen molar-refractivity contribution in [1.82, 2.24) is 4.98 Å². The van der Waals surface area contributed by atoms with Crippen LogP contribution in [0.3, 0.4) is 0 Å². The molecule has 94 valence electrons. The van der Waals surface area contributed by atoms with Crippen LogP contribution in [0.15, 0.2) is 35.2 Å². The monoisotopic (exact) mass is 276 g/mol.